The topological polar surface area (TPSA) is 57.2 Å². The Balaban J connectivity index is 0.00000612. The third-order valence-electron chi connectivity index (χ3n) is 7.00. The van der Waals surface area contributed by atoms with Crippen LogP contribution < -0.4 is 29.6 Å². The van der Waals surface area contributed by atoms with E-state index in [9.17, 15) is 13.0 Å². The summed E-state index contributed by atoms with van der Waals surface area (Å²) < 4.78 is 36.2. The molecular weight excluding hydrogens is 463 g/mol. The van der Waals surface area contributed by atoms with Gasteiger partial charge >= 0.3 is 29.6 Å². The quantitative estimate of drug-likeness (QED) is 0.130. The van der Waals surface area contributed by atoms with E-state index in [-0.39, 0.29) is 34.5 Å². The molecule has 0 aliphatic rings. The molecule has 0 bridgehead atoms. The van der Waals surface area contributed by atoms with E-state index < -0.39 is 10.1 Å². The molecule has 0 aliphatic carbocycles. The van der Waals surface area contributed by atoms with Crippen LogP contribution in [0, 0.1) is 0 Å². The zero-order valence-corrected chi connectivity index (χ0v) is 25.6. The molecule has 5 heteroatoms. The van der Waals surface area contributed by atoms with E-state index >= 15 is 0 Å². The Hall–Kier alpha value is -0.390. The molecule has 0 aromatic heterocycles. The molecule has 0 saturated carbocycles. The van der Waals surface area contributed by atoms with E-state index in [1.165, 1.54) is 89.0 Å². The van der Waals surface area contributed by atoms with Crippen molar-refractivity contribution in [3.8, 4) is 0 Å². The summed E-state index contributed by atoms with van der Waals surface area (Å²) >= 11 is 0. The van der Waals surface area contributed by atoms with Gasteiger partial charge < -0.3 is 4.55 Å². The Morgan fingerprint density at radius 2 is 1.11 bits per heavy atom. The molecule has 0 spiro atoms. The summed E-state index contributed by atoms with van der Waals surface area (Å²) in [6, 6.07) is 9.56. The molecule has 0 radical (unpaired) electrons. The predicted octanol–water partition coefficient (Wildman–Crippen LogP) is 6.11. The smallest absolute Gasteiger partial charge is 0.744 e. The van der Waals surface area contributed by atoms with Gasteiger partial charge in [-0.1, -0.05) is 128 Å². The molecule has 2 rings (SSSR count). The Labute approximate surface area is 237 Å². The van der Waals surface area contributed by atoms with Crippen LogP contribution in [-0.4, -0.2) is 13.0 Å². The van der Waals surface area contributed by atoms with Gasteiger partial charge in [0.2, 0.25) is 0 Å². The molecule has 0 saturated heterocycles. The van der Waals surface area contributed by atoms with Crippen molar-refractivity contribution in [3.05, 3.63) is 41.5 Å². The Bertz CT molecular complexity index is 940. The predicted molar refractivity (Wildman–Crippen MR) is 145 cm³/mol. The van der Waals surface area contributed by atoms with Crippen molar-refractivity contribution < 1.29 is 42.5 Å². The fraction of sp³-hybridized carbons (Fsp3) is 0.667. The average molecular weight is 511 g/mol. The molecule has 0 N–H and O–H groups in total. The van der Waals surface area contributed by atoms with Gasteiger partial charge in [-0.3, -0.25) is 0 Å². The van der Waals surface area contributed by atoms with Crippen LogP contribution in [0.3, 0.4) is 0 Å². The van der Waals surface area contributed by atoms with E-state index in [1.54, 1.807) is 12.1 Å². The molecule has 0 fully saturated rings. The maximum atomic E-state index is 12.1. The van der Waals surface area contributed by atoms with Crippen molar-refractivity contribution in [1.82, 2.24) is 0 Å². The molecule has 35 heavy (non-hydrogen) atoms. The summed E-state index contributed by atoms with van der Waals surface area (Å²) in [7, 11) is -4.51. The van der Waals surface area contributed by atoms with Gasteiger partial charge in [0, 0.05) is 0 Å². The summed E-state index contributed by atoms with van der Waals surface area (Å²) in [5, 5.41) is 1.55. The van der Waals surface area contributed by atoms with Crippen molar-refractivity contribution in [2.45, 2.75) is 134 Å². The monoisotopic (exact) mass is 510 g/mol. The molecule has 2 aromatic rings. The van der Waals surface area contributed by atoms with Crippen LogP contribution in [0.1, 0.15) is 128 Å². The van der Waals surface area contributed by atoms with Crippen molar-refractivity contribution >= 4 is 20.9 Å². The molecule has 0 atom stereocenters. The summed E-state index contributed by atoms with van der Waals surface area (Å²) in [6.07, 6.45) is 21.9. The van der Waals surface area contributed by atoms with E-state index in [1.807, 2.05) is 6.07 Å². The van der Waals surface area contributed by atoms with Gasteiger partial charge in [0.15, 0.2) is 0 Å². The van der Waals surface area contributed by atoms with Crippen LogP contribution in [0.4, 0.5) is 0 Å². The second-order valence-corrected chi connectivity index (χ2v) is 11.4. The number of unbranched alkanes of at least 4 members (excludes halogenated alkanes) is 14. The molecule has 2 aromatic carbocycles. The molecule has 192 valence electrons. The summed E-state index contributed by atoms with van der Waals surface area (Å²) in [4.78, 5) is -0.0441. The first-order chi connectivity index (χ1) is 16.5. The minimum Gasteiger partial charge on any atom is -0.744 e. The van der Waals surface area contributed by atoms with Crippen molar-refractivity contribution in [2.75, 3.05) is 0 Å². The molecule has 0 unspecified atom stereocenters. The maximum Gasteiger partial charge on any atom is 1.00 e. The van der Waals surface area contributed by atoms with Gasteiger partial charge in [0.1, 0.15) is 10.1 Å². The van der Waals surface area contributed by atoms with Gasteiger partial charge in [-0.2, -0.15) is 0 Å². The fourth-order valence-corrected chi connectivity index (χ4v) is 5.70. The van der Waals surface area contributed by atoms with Gasteiger partial charge in [-0.15, -0.1) is 0 Å². The Morgan fingerprint density at radius 3 is 1.63 bits per heavy atom. The second-order valence-electron chi connectivity index (χ2n) is 10.0. The first-order valence-corrected chi connectivity index (χ1v) is 15.4. The third kappa shape index (κ3) is 12.6. The number of aryl methyl sites for hydroxylation is 2. The Morgan fingerprint density at radius 1 is 0.629 bits per heavy atom. The zero-order chi connectivity index (χ0) is 24.7. The largest absolute Gasteiger partial charge is 1.00 e. The van der Waals surface area contributed by atoms with Crippen LogP contribution in [-0.2, 0) is 23.0 Å². The van der Waals surface area contributed by atoms with Crippen molar-refractivity contribution in [2.24, 2.45) is 0 Å². The minimum atomic E-state index is -4.51. The van der Waals surface area contributed by atoms with Gasteiger partial charge in [0.05, 0.1) is 4.90 Å². The summed E-state index contributed by atoms with van der Waals surface area (Å²) in [5.41, 5.74) is 2.16. The van der Waals surface area contributed by atoms with Gasteiger partial charge in [0.25, 0.3) is 0 Å². The van der Waals surface area contributed by atoms with Crippen LogP contribution in [0.15, 0.2) is 35.2 Å². The second kappa shape index (κ2) is 18.8. The van der Waals surface area contributed by atoms with E-state index in [2.05, 4.69) is 26.0 Å². The van der Waals surface area contributed by atoms with Crippen LogP contribution in [0.2, 0.25) is 0 Å². The normalized spacial score (nSPS) is 11.6. The summed E-state index contributed by atoms with van der Waals surface area (Å²) in [5.74, 6) is 0. The van der Waals surface area contributed by atoms with Crippen LogP contribution in [0.25, 0.3) is 10.8 Å². The number of hydrogen-bond acceptors (Lipinski definition) is 3. The molecule has 3 nitrogen and oxygen atoms in total. The van der Waals surface area contributed by atoms with Crippen molar-refractivity contribution in [1.29, 1.82) is 0 Å². The minimum absolute atomic E-state index is 0. The third-order valence-corrected chi connectivity index (χ3v) is 7.87. The van der Waals surface area contributed by atoms with Gasteiger partial charge in [-0.05, 0) is 53.6 Å². The fourth-order valence-electron chi connectivity index (χ4n) is 4.95. The standard InChI is InChI=1S/C30H48O3S.Na/c1-3-5-7-9-11-13-15-17-20-26-24-29-27(21-18-16-14-12-10-8-6-4-2)22-19-23-28(29)30(25-26)34(31,32)33;/h19,22-25H,3-18,20-21H2,1-2H3,(H,31,32,33);/q;+1/p-1. The SMILES string of the molecule is CCCCCCCCCCc1cc(S(=O)(=O)[O-])c2cccc(CCCCCCCCCC)c2c1.[Na+]. The van der Waals surface area contributed by atoms with Crippen molar-refractivity contribution in [3.63, 3.8) is 0 Å². The van der Waals surface area contributed by atoms with Crippen LogP contribution in [0.5, 0.6) is 0 Å². The molecule has 0 amide bonds. The summed E-state index contributed by atoms with van der Waals surface area (Å²) in [6.45, 7) is 4.48. The number of benzene rings is 2. The van der Waals surface area contributed by atoms with E-state index in [0.717, 1.165) is 43.1 Å². The number of fused-ring (bicyclic) bond motifs is 1. The average Bonchev–Trinajstić information content (AvgIpc) is 2.81. The van der Waals surface area contributed by atoms with E-state index in [0.29, 0.717) is 5.39 Å². The molecule has 0 heterocycles. The van der Waals surface area contributed by atoms with Gasteiger partial charge in [-0.25, -0.2) is 8.42 Å². The zero-order valence-electron chi connectivity index (χ0n) is 22.7. The Kier molecular flexibility index (Phi) is 17.5. The molecular formula is C30H47NaO3S. The number of hydrogen-bond donors (Lipinski definition) is 0. The van der Waals surface area contributed by atoms with Crippen LogP contribution >= 0.6 is 0 Å². The first-order valence-electron chi connectivity index (χ1n) is 14.0. The number of rotatable bonds is 19. The first kappa shape index (κ1) is 32.6. The maximum absolute atomic E-state index is 12.1. The molecule has 0 aliphatic heterocycles. The van der Waals surface area contributed by atoms with E-state index in [4.69, 9.17) is 0 Å².